The van der Waals surface area contributed by atoms with Gasteiger partial charge in [-0.1, -0.05) is 53.5 Å². The number of carboxylic acid groups (broad SMARTS) is 1. The zero-order chi connectivity index (χ0) is 19.1. The smallest absolute Gasteiger partial charge is 0.352 e. The Morgan fingerprint density at radius 1 is 1.11 bits per heavy atom. The average molecular weight is 402 g/mol. The highest BCUT2D eigenvalue weighted by molar-refractivity contribution is 6.39. The Morgan fingerprint density at radius 3 is 2.48 bits per heavy atom. The highest BCUT2D eigenvalue weighted by Gasteiger charge is 2.29. The van der Waals surface area contributed by atoms with Crippen molar-refractivity contribution >= 4 is 51.6 Å². The van der Waals surface area contributed by atoms with E-state index in [-0.39, 0.29) is 18.1 Å². The fraction of sp³-hybridized carbons (Fsp3) is 0.0526. The van der Waals surface area contributed by atoms with Gasteiger partial charge in [0.25, 0.3) is 5.91 Å². The summed E-state index contributed by atoms with van der Waals surface area (Å²) in [6.07, 6.45) is 0. The van der Waals surface area contributed by atoms with E-state index in [1.165, 1.54) is 0 Å². The molecule has 1 amide bonds. The van der Waals surface area contributed by atoms with E-state index in [0.29, 0.717) is 43.2 Å². The van der Waals surface area contributed by atoms with Crippen LogP contribution in [-0.2, 0) is 4.79 Å². The standard InChI is InChI=1S/C19H13Cl2N3O3/c20-10-6-12(21)15-13(7-10)23-17(19(26)27)16(15)14(9-4-2-1-3-5-9)11-8-22-24-18(11)25/h1-7,22-23H,8H2,(H,24,25)(H,26,27). The minimum absolute atomic E-state index is 0.0554. The molecular formula is C19H13Cl2N3O3. The third-order valence-corrected chi connectivity index (χ3v) is 4.90. The summed E-state index contributed by atoms with van der Waals surface area (Å²) < 4.78 is 0. The van der Waals surface area contributed by atoms with Gasteiger partial charge in [-0.3, -0.25) is 10.2 Å². The van der Waals surface area contributed by atoms with Crippen molar-refractivity contribution in [2.45, 2.75) is 0 Å². The molecule has 0 aliphatic carbocycles. The molecule has 3 aromatic rings. The molecule has 8 heteroatoms. The number of aromatic amines is 1. The maximum atomic E-state index is 12.4. The molecule has 0 bridgehead atoms. The minimum atomic E-state index is -1.16. The zero-order valence-corrected chi connectivity index (χ0v) is 15.3. The number of amides is 1. The van der Waals surface area contributed by atoms with Gasteiger partial charge < -0.3 is 10.1 Å². The molecule has 27 heavy (non-hydrogen) atoms. The monoisotopic (exact) mass is 401 g/mol. The first-order chi connectivity index (χ1) is 13.0. The Bertz CT molecular complexity index is 1120. The van der Waals surface area contributed by atoms with Gasteiger partial charge in [-0.15, -0.1) is 0 Å². The fourth-order valence-electron chi connectivity index (χ4n) is 3.30. The maximum absolute atomic E-state index is 12.4. The van der Waals surface area contributed by atoms with Gasteiger partial charge in [-0.25, -0.2) is 10.2 Å². The second-order valence-electron chi connectivity index (χ2n) is 6.02. The fourth-order valence-corrected chi connectivity index (χ4v) is 3.89. The highest BCUT2D eigenvalue weighted by atomic mass is 35.5. The van der Waals surface area contributed by atoms with Crippen LogP contribution in [0.15, 0.2) is 48.0 Å². The van der Waals surface area contributed by atoms with Crippen LogP contribution in [0.5, 0.6) is 0 Å². The summed E-state index contributed by atoms with van der Waals surface area (Å²) in [6.45, 7) is 0.250. The van der Waals surface area contributed by atoms with E-state index in [0.717, 1.165) is 0 Å². The number of H-pyrrole nitrogens is 1. The van der Waals surface area contributed by atoms with E-state index in [2.05, 4.69) is 15.8 Å². The van der Waals surface area contributed by atoms with Crippen LogP contribution in [0.3, 0.4) is 0 Å². The van der Waals surface area contributed by atoms with Crippen molar-refractivity contribution < 1.29 is 14.7 Å². The van der Waals surface area contributed by atoms with Gasteiger partial charge in [-0.05, 0) is 17.7 Å². The quantitative estimate of drug-likeness (QED) is 0.504. The van der Waals surface area contributed by atoms with Gasteiger partial charge >= 0.3 is 5.97 Å². The van der Waals surface area contributed by atoms with E-state index in [1.807, 2.05) is 30.3 Å². The second-order valence-corrected chi connectivity index (χ2v) is 6.86. The number of hydrogen-bond acceptors (Lipinski definition) is 3. The van der Waals surface area contributed by atoms with Crippen molar-refractivity contribution in [3.05, 3.63) is 74.9 Å². The van der Waals surface area contributed by atoms with E-state index >= 15 is 0 Å². The molecule has 6 nitrogen and oxygen atoms in total. The molecule has 4 N–H and O–H groups in total. The molecule has 1 aromatic heterocycles. The predicted molar refractivity (Wildman–Crippen MR) is 104 cm³/mol. The number of aromatic carboxylic acids is 1. The van der Waals surface area contributed by atoms with Crippen LogP contribution >= 0.6 is 23.2 Å². The number of carboxylic acids is 1. The lowest BCUT2D eigenvalue weighted by molar-refractivity contribution is -0.116. The second kappa shape index (κ2) is 6.74. The Morgan fingerprint density at radius 2 is 1.85 bits per heavy atom. The predicted octanol–water partition coefficient (Wildman–Crippen LogP) is 3.61. The first-order valence-electron chi connectivity index (χ1n) is 8.03. The summed E-state index contributed by atoms with van der Waals surface area (Å²) in [5.41, 5.74) is 7.76. The third-order valence-electron chi connectivity index (χ3n) is 4.38. The van der Waals surface area contributed by atoms with Crippen LogP contribution in [0.1, 0.15) is 21.6 Å². The third kappa shape index (κ3) is 2.98. The number of nitrogens with one attached hydrogen (secondary N) is 3. The number of rotatable bonds is 3. The molecule has 2 aromatic carbocycles. The van der Waals surface area contributed by atoms with Gasteiger partial charge in [0.1, 0.15) is 5.69 Å². The van der Waals surface area contributed by atoms with Crippen molar-refractivity contribution in [1.82, 2.24) is 15.8 Å². The van der Waals surface area contributed by atoms with Gasteiger partial charge in [-0.2, -0.15) is 0 Å². The minimum Gasteiger partial charge on any atom is -0.477 e. The molecule has 136 valence electrons. The van der Waals surface area contributed by atoms with E-state index < -0.39 is 5.97 Å². The highest BCUT2D eigenvalue weighted by Crippen LogP contribution is 2.40. The molecule has 1 aliphatic rings. The molecule has 4 rings (SSSR count). The lowest BCUT2D eigenvalue weighted by Crippen LogP contribution is -2.25. The Balaban J connectivity index is 2.16. The largest absolute Gasteiger partial charge is 0.477 e. The first-order valence-corrected chi connectivity index (χ1v) is 8.79. The number of carbonyl (C=O) groups excluding carboxylic acids is 1. The maximum Gasteiger partial charge on any atom is 0.352 e. The van der Waals surface area contributed by atoms with Gasteiger partial charge in [0.05, 0.1) is 5.02 Å². The molecule has 2 heterocycles. The Kier molecular flexibility index (Phi) is 4.39. The van der Waals surface area contributed by atoms with Crippen molar-refractivity contribution in [1.29, 1.82) is 0 Å². The summed E-state index contributed by atoms with van der Waals surface area (Å²) in [5.74, 6) is -1.47. The van der Waals surface area contributed by atoms with Crippen molar-refractivity contribution in [2.75, 3.05) is 6.54 Å². The molecule has 0 spiro atoms. The van der Waals surface area contributed by atoms with E-state index in [9.17, 15) is 14.7 Å². The van der Waals surface area contributed by atoms with Crippen molar-refractivity contribution in [2.24, 2.45) is 0 Å². The van der Waals surface area contributed by atoms with Crippen LogP contribution in [0, 0.1) is 0 Å². The molecule has 1 aliphatic heterocycles. The van der Waals surface area contributed by atoms with Crippen LogP contribution in [0.4, 0.5) is 0 Å². The molecule has 0 atom stereocenters. The summed E-state index contributed by atoms with van der Waals surface area (Å²) in [6, 6.07) is 12.3. The number of hydrogen-bond donors (Lipinski definition) is 4. The van der Waals surface area contributed by atoms with Crippen LogP contribution in [0.25, 0.3) is 16.5 Å². The topological polar surface area (TPSA) is 94.2 Å². The van der Waals surface area contributed by atoms with Gasteiger partial charge in [0.15, 0.2) is 0 Å². The lowest BCUT2D eigenvalue weighted by atomic mass is 9.90. The van der Waals surface area contributed by atoms with Crippen LogP contribution in [0.2, 0.25) is 10.0 Å². The first kappa shape index (κ1) is 17.6. The number of halogens is 2. The number of carbonyl (C=O) groups is 2. The number of hydrazine groups is 1. The van der Waals surface area contributed by atoms with Crippen molar-refractivity contribution in [3.8, 4) is 0 Å². The Hall–Kier alpha value is -2.80. The number of aromatic nitrogens is 1. The zero-order valence-electron chi connectivity index (χ0n) is 13.8. The number of benzene rings is 2. The summed E-state index contributed by atoms with van der Waals surface area (Å²) in [5, 5.41) is 11.0. The van der Waals surface area contributed by atoms with E-state index in [4.69, 9.17) is 23.2 Å². The van der Waals surface area contributed by atoms with Gasteiger partial charge in [0.2, 0.25) is 0 Å². The summed E-state index contributed by atoms with van der Waals surface area (Å²) >= 11 is 12.5. The Labute approximate surface area is 163 Å². The normalized spacial score (nSPS) is 15.9. The molecule has 0 radical (unpaired) electrons. The molecule has 0 saturated carbocycles. The average Bonchev–Trinajstić information content (AvgIpc) is 3.21. The van der Waals surface area contributed by atoms with E-state index in [1.54, 1.807) is 12.1 Å². The lowest BCUT2D eigenvalue weighted by Gasteiger charge is -2.12. The number of fused-ring (bicyclic) bond motifs is 1. The molecule has 1 saturated heterocycles. The summed E-state index contributed by atoms with van der Waals surface area (Å²) in [4.78, 5) is 27.3. The van der Waals surface area contributed by atoms with Gasteiger partial charge in [0, 0.05) is 39.2 Å². The molecule has 1 fully saturated rings. The molecular weight excluding hydrogens is 389 g/mol. The SMILES string of the molecule is O=C1NNCC1=C(c1ccccc1)c1c(C(=O)O)[nH]c2cc(Cl)cc(Cl)c12. The summed E-state index contributed by atoms with van der Waals surface area (Å²) in [7, 11) is 0. The molecule has 0 unspecified atom stereocenters. The van der Waals surface area contributed by atoms with Crippen LogP contribution < -0.4 is 10.9 Å². The van der Waals surface area contributed by atoms with Crippen LogP contribution in [-0.4, -0.2) is 28.5 Å². The van der Waals surface area contributed by atoms with Crippen molar-refractivity contribution in [3.63, 3.8) is 0 Å².